The molecule has 3 N–H and O–H groups in total. The van der Waals surface area contributed by atoms with Crippen molar-refractivity contribution in [2.45, 2.75) is 32.2 Å². The molecule has 21 heavy (non-hydrogen) atoms. The van der Waals surface area contributed by atoms with Gasteiger partial charge in [0.25, 0.3) is 0 Å². The number of nitrogens with zero attached hydrogens (tertiary/aromatic N) is 1. The monoisotopic (exact) mass is 289 g/mol. The number of hydrogen-bond acceptors (Lipinski definition) is 3. The Balaban J connectivity index is 1.68. The zero-order chi connectivity index (χ0) is 15.1. The molecule has 0 spiro atoms. The highest BCUT2D eigenvalue weighted by atomic mass is 16.2. The summed E-state index contributed by atoms with van der Waals surface area (Å²) in [6, 6.07) is 9.45. The van der Waals surface area contributed by atoms with Crippen LogP contribution >= 0.6 is 0 Å². The SMILES string of the molecule is CC(CNC(=O)C(N)Cc1ccccc1)CN1CCCC1. The number of benzene rings is 1. The van der Waals surface area contributed by atoms with Crippen LogP contribution in [0, 0.1) is 5.92 Å². The fourth-order valence-electron chi connectivity index (χ4n) is 2.84. The first kappa shape index (κ1) is 16.0. The smallest absolute Gasteiger partial charge is 0.237 e. The quantitative estimate of drug-likeness (QED) is 0.798. The predicted molar refractivity (Wildman–Crippen MR) is 86.0 cm³/mol. The molecule has 0 radical (unpaired) electrons. The molecule has 1 aromatic rings. The van der Waals surface area contributed by atoms with Crippen LogP contribution < -0.4 is 11.1 Å². The number of carbonyl (C=O) groups excluding carboxylic acids is 1. The van der Waals surface area contributed by atoms with Crippen LogP contribution in [0.15, 0.2) is 30.3 Å². The lowest BCUT2D eigenvalue weighted by Gasteiger charge is -2.21. The van der Waals surface area contributed by atoms with Gasteiger partial charge in [0.15, 0.2) is 0 Å². The maximum atomic E-state index is 12.0. The van der Waals surface area contributed by atoms with Crippen LogP contribution in [0.2, 0.25) is 0 Å². The van der Waals surface area contributed by atoms with Gasteiger partial charge in [0.1, 0.15) is 0 Å². The van der Waals surface area contributed by atoms with Crippen LogP contribution in [0.3, 0.4) is 0 Å². The van der Waals surface area contributed by atoms with Crippen LogP contribution in [0.25, 0.3) is 0 Å². The number of nitrogens with one attached hydrogen (secondary N) is 1. The van der Waals surface area contributed by atoms with Gasteiger partial charge in [0, 0.05) is 13.1 Å². The van der Waals surface area contributed by atoms with E-state index in [0.29, 0.717) is 18.9 Å². The topological polar surface area (TPSA) is 58.4 Å². The van der Waals surface area contributed by atoms with E-state index in [0.717, 1.165) is 12.1 Å². The van der Waals surface area contributed by atoms with Crippen LogP contribution in [0.4, 0.5) is 0 Å². The van der Waals surface area contributed by atoms with E-state index in [4.69, 9.17) is 5.73 Å². The van der Waals surface area contributed by atoms with Gasteiger partial charge in [0.05, 0.1) is 6.04 Å². The highest BCUT2D eigenvalue weighted by molar-refractivity contribution is 5.81. The van der Waals surface area contributed by atoms with Gasteiger partial charge in [-0.15, -0.1) is 0 Å². The first-order valence-corrected chi connectivity index (χ1v) is 7.94. The molecule has 2 rings (SSSR count). The summed E-state index contributed by atoms with van der Waals surface area (Å²) in [4.78, 5) is 14.5. The van der Waals surface area contributed by atoms with Gasteiger partial charge < -0.3 is 16.0 Å². The molecule has 2 unspecified atom stereocenters. The van der Waals surface area contributed by atoms with Gasteiger partial charge in [0.2, 0.25) is 5.91 Å². The molecule has 0 aliphatic carbocycles. The fraction of sp³-hybridized carbons (Fsp3) is 0.588. The number of likely N-dealkylation sites (tertiary alicyclic amines) is 1. The van der Waals surface area contributed by atoms with E-state index < -0.39 is 6.04 Å². The summed E-state index contributed by atoms with van der Waals surface area (Å²) in [6.07, 6.45) is 3.20. The van der Waals surface area contributed by atoms with Crippen LogP contribution in [0.1, 0.15) is 25.3 Å². The minimum Gasteiger partial charge on any atom is -0.354 e. The van der Waals surface area contributed by atoms with Gasteiger partial charge in [-0.2, -0.15) is 0 Å². The van der Waals surface area contributed by atoms with Crippen molar-refractivity contribution in [1.29, 1.82) is 0 Å². The van der Waals surface area contributed by atoms with Gasteiger partial charge in [-0.25, -0.2) is 0 Å². The summed E-state index contributed by atoms with van der Waals surface area (Å²) in [6.45, 7) is 6.35. The number of rotatable bonds is 7. The van der Waals surface area contributed by atoms with Crippen molar-refractivity contribution in [3.63, 3.8) is 0 Å². The van der Waals surface area contributed by atoms with Crippen LogP contribution in [0.5, 0.6) is 0 Å². The van der Waals surface area contributed by atoms with E-state index in [-0.39, 0.29) is 5.91 Å². The van der Waals surface area contributed by atoms with Gasteiger partial charge in [-0.1, -0.05) is 37.3 Å². The Labute approximate surface area is 127 Å². The zero-order valence-electron chi connectivity index (χ0n) is 12.9. The standard InChI is InChI=1S/C17H27N3O/c1-14(13-20-9-5-6-10-20)12-19-17(21)16(18)11-15-7-3-2-4-8-15/h2-4,7-8,14,16H,5-6,9-13,18H2,1H3,(H,19,21). The normalized spacial score (nSPS) is 18.4. The Bertz CT molecular complexity index is 429. The van der Waals surface area contributed by atoms with E-state index in [1.165, 1.54) is 25.9 Å². The van der Waals surface area contributed by atoms with Crippen molar-refractivity contribution in [1.82, 2.24) is 10.2 Å². The number of carbonyl (C=O) groups is 1. The highest BCUT2D eigenvalue weighted by Gasteiger charge is 2.17. The maximum Gasteiger partial charge on any atom is 0.237 e. The van der Waals surface area contributed by atoms with E-state index in [2.05, 4.69) is 17.1 Å². The van der Waals surface area contributed by atoms with Crippen molar-refractivity contribution in [2.75, 3.05) is 26.2 Å². The summed E-state index contributed by atoms with van der Waals surface area (Å²) in [5.41, 5.74) is 7.08. The highest BCUT2D eigenvalue weighted by Crippen LogP contribution is 2.09. The molecule has 0 bridgehead atoms. The average molecular weight is 289 g/mol. The fourth-order valence-corrected chi connectivity index (χ4v) is 2.84. The predicted octanol–water partition coefficient (Wildman–Crippen LogP) is 1.40. The van der Waals surface area contributed by atoms with Gasteiger partial charge >= 0.3 is 0 Å². The van der Waals surface area contributed by atoms with Crippen molar-refractivity contribution in [2.24, 2.45) is 11.7 Å². The first-order chi connectivity index (χ1) is 10.1. The summed E-state index contributed by atoms with van der Waals surface area (Å²) in [5, 5.41) is 2.99. The third-order valence-electron chi connectivity index (χ3n) is 4.03. The molecule has 4 nitrogen and oxygen atoms in total. The number of nitrogens with two attached hydrogens (primary N) is 1. The first-order valence-electron chi connectivity index (χ1n) is 7.94. The second kappa shape index (κ2) is 8.15. The number of hydrogen-bond donors (Lipinski definition) is 2. The lowest BCUT2D eigenvalue weighted by Crippen LogP contribution is -2.44. The Morgan fingerprint density at radius 3 is 2.62 bits per heavy atom. The third-order valence-corrected chi connectivity index (χ3v) is 4.03. The Morgan fingerprint density at radius 2 is 1.95 bits per heavy atom. The summed E-state index contributed by atoms with van der Waals surface area (Å²) in [5.74, 6) is 0.420. The molecule has 1 aliphatic rings. The Morgan fingerprint density at radius 1 is 1.29 bits per heavy atom. The van der Waals surface area contributed by atoms with E-state index in [9.17, 15) is 4.79 Å². The van der Waals surface area contributed by atoms with Crippen molar-refractivity contribution in [3.8, 4) is 0 Å². The Kier molecular flexibility index (Phi) is 6.21. The minimum atomic E-state index is -0.466. The molecule has 1 saturated heterocycles. The molecular formula is C17H27N3O. The Hall–Kier alpha value is -1.39. The average Bonchev–Trinajstić information content (AvgIpc) is 2.98. The lowest BCUT2D eigenvalue weighted by atomic mass is 10.1. The molecule has 1 amide bonds. The van der Waals surface area contributed by atoms with Crippen molar-refractivity contribution < 1.29 is 4.79 Å². The van der Waals surface area contributed by atoms with Crippen LogP contribution in [-0.2, 0) is 11.2 Å². The second-order valence-electron chi connectivity index (χ2n) is 6.15. The second-order valence-corrected chi connectivity index (χ2v) is 6.15. The summed E-state index contributed by atoms with van der Waals surface area (Å²) in [7, 11) is 0. The molecule has 0 aromatic heterocycles. The molecule has 1 heterocycles. The maximum absolute atomic E-state index is 12.0. The molecule has 1 aliphatic heterocycles. The zero-order valence-corrected chi connectivity index (χ0v) is 12.9. The molecule has 116 valence electrons. The number of amides is 1. The van der Waals surface area contributed by atoms with E-state index in [1.54, 1.807) is 0 Å². The molecule has 1 aromatic carbocycles. The van der Waals surface area contributed by atoms with Crippen LogP contribution in [-0.4, -0.2) is 43.0 Å². The summed E-state index contributed by atoms with van der Waals surface area (Å²) < 4.78 is 0. The van der Waals surface area contributed by atoms with E-state index in [1.807, 2.05) is 30.3 Å². The minimum absolute atomic E-state index is 0.0490. The third kappa shape index (κ3) is 5.48. The van der Waals surface area contributed by atoms with Crippen molar-refractivity contribution in [3.05, 3.63) is 35.9 Å². The van der Waals surface area contributed by atoms with Gasteiger partial charge in [-0.3, -0.25) is 4.79 Å². The largest absolute Gasteiger partial charge is 0.354 e. The molecule has 2 atom stereocenters. The molecule has 0 saturated carbocycles. The van der Waals surface area contributed by atoms with Crippen molar-refractivity contribution >= 4 is 5.91 Å². The molecule has 1 fully saturated rings. The molecule has 4 heteroatoms. The summed E-state index contributed by atoms with van der Waals surface area (Å²) >= 11 is 0. The molecular weight excluding hydrogens is 262 g/mol. The van der Waals surface area contributed by atoms with E-state index >= 15 is 0 Å². The lowest BCUT2D eigenvalue weighted by molar-refractivity contribution is -0.122. The van der Waals surface area contributed by atoms with Gasteiger partial charge in [-0.05, 0) is 43.8 Å².